The third-order valence-corrected chi connectivity index (χ3v) is 4.54. The van der Waals surface area contributed by atoms with E-state index in [9.17, 15) is 13.2 Å². The van der Waals surface area contributed by atoms with Crippen LogP contribution in [-0.2, 0) is 6.18 Å². The maximum atomic E-state index is 13.4. The van der Waals surface area contributed by atoms with Crippen LogP contribution >= 0.6 is 23.2 Å². The first kappa shape index (κ1) is 17.4. The maximum absolute atomic E-state index is 13.4. The lowest BCUT2D eigenvalue weighted by atomic mass is 10.0. The van der Waals surface area contributed by atoms with Crippen LogP contribution in [0.4, 0.5) is 18.9 Å². The van der Waals surface area contributed by atoms with E-state index in [1.807, 2.05) is 0 Å². The molecule has 24 heavy (non-hydrogen) atoms. The second-order valence-electron chi connectivity index (χ2n) is 5.48. The number of alkyl halides is 3. The molecule has 7 heteroatoms. The molecule has 0 bridgehead atoms. The monoisotopic (exact) mass is 373 g/mol. The van der Waals surface area contributed by atoms with Gasteiger partial charge < -0.3 is 10.2 Å². The van der Waals surface area contributed by atoms with Crippen LogP contribution in [0.3, 0.4) is 0 Å². The molecule has 1 aliphatic heterocycles. The molecule has 1 aliphatic rings. The summed E-state index contributed by atoms with van der Waals surface area (Å²) in [6, 6.07) is 10.2. The number of anilines is 1. The molecule has 2 aromatic carbocycles. The van der Waals surface area contributed by atoms with Crippen molar-refractivity contribution in [1.29, 1.82) is 0 Å². The quantitative estimate of drug-likeness (QED) is 0.806. The van der Waals surface area contributed by atoms with Crippen LogP contribution in [-0.4, -0.2) is 26.2 Å². The van der Waals surface area contributed by atoms with E-state index in [1.165, 1.54) is 12.1 Å². The van der Waals surface area contributed by atoms with E-state index in [1.54, 1.807) is 23.1 Å². The second kappa shape index (κ2) is 6.82. The number of benzene rings is 2. The topological polar surface area (TPSA) is 15.3 Å². The summed E-state index contributed by atoms with van der Waals surface area (Å²) in [5.41, 5.74) is 0.378. The first-order valence-corrected chi connectivity index (χ1v) is 8.16. The lowest BCUT2D eigenvalue weighted by Gasteiger charge is -2.32. The fraction of sp³-hybridized carbons (Fsp3) is 0.294. The van der Waals surface area contributed by atoms with Gasteiger partial charge in [-0.15, -0.1) is 0 Å². The summed E-state index contributed by atoms with van der Waals surface area (Å²) >= 11 is 12.4. The molecule has 127 valence electrons. The molecule has 0 amide bonds. The summed E-state index contributed by atoms with van der Waals surface area (Å²) in [6.45, 7) is 2.26. The Labute approximate surface area is 148 Å². The average Bonchev–Trinajstić information content (AvgIpc) is 2.54. The van der Waals surface area contributed by atoms with E-state index >= 15 is 0 Å². The predicted molar refractivity (Wildman–Crippen MR) is 90.8 cm³/mol. The van der Waals surface area contributed by atoms with Crippen LogP contribution in [0.5, 0.6) is 0 Å². The third kappa shape index (κ3) is 3.48. The number of nitrogens with one attached hydrogen (secondary N) is 1. The Morgan fingerprint density at radius 2 is 1.71 bits per heavy atom. The molecule has 1 fully saturated rings. The molecule has 0 saturated carbocycles. The van der Waals surface area contributed by atoms with Gasteiger partial charge in [0.25, 0.3) is 0 Å². The average molecular weight is 374 g/mol. The summed E-state index contributed by atoms with van der Waals surface area (Å²) < 4.78 is 40.1. The summed E-state index contributed by atoms with van der Waals surface area (Å²) in [6.07, 6.45) is -4.47. The molecule has 0 atom stereocenters. The molecule has 0 spiro atoms. The number of nitrogens with zero attached hydrogens (tertiary/aromatic N) is 1. The molecule has 3 rings (SSSR count). The minimum atomic E-state index is -4.47. The Kier molecular flexibility index (Phi) is 4.95. The van der Waals surface area contributed by atoms with Crippen molar-refractivity contribution in [1.82, 2.24) is 5.32 Å². The highest BCUT2D eigenvalue weighted by Crippen LogP contribution is 2.41. The fourth-order valence-electron chi connectivity index (χ4n) is 2.79. The smallest absolute Gasteiger partial charge is 0.368 e. The molecule has 1 radical (unpaired) electrons. The predicted octanol–water partition coefficient (Wildman–Crippen LogP) is 4.89. The summed E-state index contributed by atoms with van der Waals surface area (Å²) in [7, 11) is 0. The minimum Gasteiger partial charge on any atom is -0.368 e. The van der Waals surface area contributed by atoms with Crippen LogP contribution in [0.25, 0.3) is 11.1 Å². The van der Waals surface area contributed by atoms with Crippen molar-refractivity contribution in [2.45, 2.75) is 6.18 Å². The summed E-state index contributed by atoms with van der Waals surface area (Å²) in [5, 5.41) is 3.91. The normalized spacial score (nSPS) is 15.6. The molecule has 1 heterocycles. The highest BCUT2D eigenvalue weighted by molar-refractivity contribution is 6.39. The minimum absolute atomic E-state index is 0.109. The van der Waals surface area contributed by atoms with Gasteiger partial charge in [-0.05, 0) is 35.9 Å². The molecule has 2 aromatic rings. The molecule has 0 aliphatic carbocycles. The van der Waals surface area contributed by atoms with E-state index < -0.39 is 11.7 Å². The van der Waals surface area contributed by atoms with Gasteiger partial charge in [0.15, 0.2) is 0 Å². The molecule has 0 unspecified atom stereocenters. The third-order valence-electron chi connectivity index (χ3n) is 3.91. The molecule has 1 N–H and O–H groups in total. The Morgan fingerprint density at radius 3 is 2.29 bits per heavy atom. The van der Waals surface area contributed by atoms with E-state index in [0.717, 1.165) is 0 Å². The van der Waals surface area contributed by atoms with Gasteiger partial charge in [0.2, 0.25) is 0 Å². The van der Waals surface area contributed by atoms with Gasteiger partial charge in [-0.3, -0.25) is 0 Å². The van der Waals surface area contributed by atoms with E-state index in [2.05, 4.69) is 11.4 Å². The Hall–Kier alpha value is -1.43. The number of halogens is 5. The highest BCUT2D eigenvalue weighted by atomic mass is 35.5. The highest BCUT2D eigenvalue weighted by Gasteiger charge is 2.35. The summed E-state index contributed by atoms with van der Waals surface area (Å²) in [4.78, 5) is 1.71. The molecule has 1 saturated heterocycles. The standard InChI is InChI=1S/C17H14Cl2F3N2/c18-13-2-1-3-14(19)16(13)11-4-5-12(17(20,21)22)15(10-11)24-8-6-23-7-9-24/h1-4,10,23H,6-9H2. The number of rotatable bonds is 2. The fourth-order valence-corrected chi connectivity index (χ4v) is 3.40. The Morgan fingerprint density at radius 1 is 1.08 bits per heavy atom. The number of hydrogen-bond acceptors (Lipinski definition) is 2. The van der Waals surface area contributed by atoms with Crippen molar-refractivity contribution in [2.75, 3.05) is 31.1 Å². The van der Waals surface area contributed by atoms with Gasteiger partial charge in [-0.2, -0.15) is 13.2 Å². The largest absolute Gasteiger partial charge is 0.418 e. The van der Waals surface area contributed by atoms with E-state index in [4.69, 9.17) is 23.2 Å². The zero-order chi connectivity index (χ0) is 17.3. The van der Waals surface area contributed by atoms with Crippen LogP contribution < -0.4 is 10.2 Å². The van der Waals surface area contributed by atoms with E-state index in [0.29, 0.717) is 47.4 Å². The zero-order valence-electron chi connectivity index (χ0n) is 12.6. The molecule has 2 nitrogen and oxygen atoms in total. The van der Waals surface area contributed by atoms with Crippen LogP contribution in [0.15, 0.2) is 30.3 Å². The van der Waals surface area contributed by atoms with Gasteiger partial charge in [0.05, 0.1) is 11.3 Å². The van der Waals surface area contributed by atoms with Gasteiger partial charge in [-0.1, -0.05) is 29.3 Å². The molecular formula is C17H14Cl2F3N2. The summed E-state index contributed by atoms with van der Waals surface area (Å²) in [5.74, 6) is 0. The van der Waals surface area contributed by atoms with Gasteiger partial charge in [0.1, 0.15) is 0 Å². The molecule has 0 aromatic heterocycles. The van der Waals surface area contributed by atoms with Crippen LogP contribution in [0, 0.1) is 6.07 Å². The van der Waals surface area contributed by atoms with Gasteiger partial charge >= 0.3 is 6.18 Å². The Bertz CT molecular complexity index is 721. The second-order valence-corrected chi connectivity index (χ2v) is 6.29. The van der Waals surface area contributed by atoms with Crippen molar-refractivity contribution < 1.29 is 13.2 Å². The lowest BCUT2D eigenvalue weighted by Crippen LogP contribution is -2.44. The zero-order valence-corrected chi connectivity index (χ0v) is 14.1. The van der Waals surface area contributed by atoms with Gasteiger partial charge in [0, 0.05) is 41.8 Å². The van der Waals surface area contributed by atoms with Crippen molar-refractivity contribution in [3.8, 4) is 11.1 Å². The molecular weight excluding hydrogens is 360 g/mol. The van der Waals surface area contributed by atoms with Crippen molar-refractivity contribution >= 4 is 28.9 Å². The van der Waals surface area contributed by atoms with Gasteiger partial charge in [-0.25, -0.2) is 0 Å². The van der Waals surface area contributed by atoms with Crippen molar-refractivity contribution in [2.24, 2.45) is 0 Å². The Balaban J connectivity index is 2.13. The first-order valence-electron chi connectivity index (χ1n) is 7.41. The van der Waals surface area contributed by atoms with Crippen LogP contribution in [0.1, 0.15) is 5.56 Å². The van der Waals surface area contributed by atoms with E-state index in [-0.39, 0.29) is 5.69 Å². The number of hydrogen-bond donors (Lipinski definition) is 1. The van der Waals surface area contributed by atoms with Crippen molar-refractivity contribution in [3.05, 3.63) is 52.0 Å². The maximum Gasteiger partial charge on any atom is 0.418 e. The van der Waals surface area contributed by atoms with Crippen LogP contribution in [0.2, 0.25) is 10.0 Å². The van der Waals surface area contributed by atoms with Crippen molar-refractivity contribution in [3.63, 3.8) is 0 Å². The SMILES string of the molecule is FC(F)(F)c1[c]cc(-c2c(Cl)cccc2Cl)cc1N1CCNCC1. The number of piperazine rings is 1. The lowest BCUT2D eigenvalue weighted by molar-refractivity contribution is -0.137. The first-order chi connectivity index (χ1) is 11.4.